The van der Waals surface area contributed by atoms with Crippen molar-refractivity contribution in [2.45, 2.75) is 37.4 Å². The third-order valence-corrected chi connectivity index (χ3v) is 4.93. The number of hydrogen-bond donors (Lipinski definition) is 7. The molecule has 0 spiro atoms. The van der Waals surface area contributed by atoms with Crippen LogP contribution >= 0.6 is 0 Å². The number of phenols is 1. The van der Waals surface area contributed by atoms with E-state index in [1.54, 1.807) is 18.3 Å². The third-order valence-electron chi connectivity index (χ3n) is 4.93. The zero-order valence-corrected chi connectivity index (χ0v) is 17.6. The summed E-state index contributed by atoms with van der Waals surface area (Å²) < 4.78 is 0. The number of phenolic OH excluding ortho intramolecular Hbond substituents is 1. The van der Waals surface area contributed by atoms with Crippen LogP contribution in [0.25, 0.3) is 0 Å². The summed E-state index contributed by atoms with van der Waals surface area (Å²) in [5.41, 5.74) is 7.82. The Morgan fingerprint density at radius 3 is 2.00 bits per heavy atom. The Hall–Kier alpha value is -4.19. The number of nitrogens with two attached hydrogens (primary N) is 1. The monoisotopic (exact) mass is 455 g/mol. The summed E-state index contributed by atoms with van der Waals surface area (Å²) in [6.07, 6.45) is 6.10. The number of aliphatic carboxylic acids is 1. The van der Waals surface area contributed by atoms with Crippen molar-refractivity contribution in [3.05, 3.63) is 66.3 Å². The average molecular weight is 455 g/mol. The van der Waals surface area contributed by atoms with Crippen LogP contribution in [0.15, 0.2) is 49.3 Å². The first-order chi connectivity index (χ1) is 15.8. The van der Waals surface area contributed by atoms with E-state index < -0.39 is 35.9 Å². The van der Waals surface area contributed by atoms with Gasteiger partial charge in [-0.25, -0.2) is 14.8 Å². The molecule has 3 aromatic rings. The number of carboxylic acid groups (broad SMARTS) is 1. The van der Waals surface area contributed by atoms with Crippen molar-refractivity contribution in [3.8, 4) is 5.75 Å². The first-order valence-electron chi connectivity index (χ1n) is 10.1. The fraction of sp³-hybridized carbons (Fsp3) is 0.286. The van der Waals surface area contributed by atoms with Gasteiger partial charge in [0.1, 0.15) is 17.8 Å². The predicted molar refractivity (Wildman–Crippen MR) is 116 cm³/mol. The molecule has 0 unspecified atom stereocenters. The van der Waals surface area contributed by atoms with E-state index in [4.69, 9.17) is 5.73 Å². The quantitative estimate of drug-likeness (QED) is 0.196. The van der Waals surface area contributed by atoms with Gasteiger partial charge in [-0.05, 0) is 17.7 Å². The van der Waals surface area contributed by atoms with Crippen LogP contribution in [-0.4, -0.2) is 66.1 Å². The van der Waals surface area contributed by atoms with E-state index in [9.17, 15) is 24.6 Å². The number of amides is 2. The highest BCUT2D eigenvalue weighted by Gasteiger charge is 2.29. The molecule has 8 N–H and O–H groups in total. The number of benzene rings is 1. The van der Waals surface area contributed by atoms with Crippen molar-refractivity contribution in [2.24, 2.45) is 5.73 Å². The molecular formula is C21H25N7O5. The molecule has 12 nitrogen and oxygen atoms in total. The molecule has 3 atom stereocenters. The van der Waals surface area contributed by atoms with Crippen molar-refractivity contribution >= 4 is 17.8 Å². The van der Waals surface area contributed by atoms with Gasteiger partial charge in [0, 0.05) is 43.0 Å². The van der Waals surface area contributed by atoms with Crippen LogP contribution in [0.5, 0.6) is 5.75 Å². The number of carbonyl (C=O) groups is 3. The van der Waals surface area contributed by atoms with E-state index in [0.717, 1.165) is 0 Å². The lowest BCUT2D eigenvalue weighted by Gasteiger charge is -2.23. The summed E-state index contributed by atoms with van der Waals surface area (Å²) in [5.74, 6) is -2.44. The van der Waals surface area contributed by atoms with Crippen molar-refractivity contribution < 1.29 is 24.6 Å². The number of imidazole rings is 2. The normalized spacial score (nSPS) is 13.6. The molecule has 174 valence electrons. The molecule has 0 aliphatic heterocycles. The zero-order valence-electron chi connectivity index (χ0n) is 17.6. The molecule has 2 heterocycles. The summed E-state index contributed by atoms with van der Waals surface area (Å²) in [5, 5.41) is 24.1. The summed E-state index contributed by atoms with van der Waals surface area (Å²) >= 11 is 0. The Morgan fingerprint density at radius 2 is 1.45 bits per heavy atom. The molecule has 0 fully saturated rings. The molecule has 33 heavy (non-hydrogen) atoms. The number of nitrogens with zero attached hydrogens (tertiary/aromatic N) is 2. The maximum absolute atomic E-state index is 13.0. The molecule has 2 amide bonds. The highest BCUT2D eigenvalue weighted by atomic mass is 16.4. The number of aromatic nitrogens is 4. The molecule has 2 aromatic heterocycles. The second kappa shape index (κ2) is 10.9. The standard InChI is InChI=1S/C21H25N7O5/c22-16(6-13-8-23-10-25-13)19(30)27-17(5-12-1-3-15(29)4-2-12)20(31)28-18(21(32)33)7-14-9-24-11-26-14/h1-4,8-11,16-18,29H,5-7,22H2,(H,23,25)(H,24,26)(H,27,30)(H,28,31)(H,32,33)/t16-,17-,18-/m0/s1. The molecule has 1 aromatic carbocycles. The van der Waals surface area contributed by atoms with Gasteiger partial charge in [-0.1, -0.05) is 12.1 Å². The summed E-state index contributed by atoms with van der Waals surface area (Å²) in [6, 6.07) is 2.81. The molecule has 0 radical (unpaired) electrons. The smallest absolute Gasteiger partial charge is 0.326 e. The van der Waals surface area contributed by atoms with E-state index in [2.05, 4.69) is 30.6 Å². The van der Waals surface area contributed by atoms with Crippen molar-refractivity contribution in [2.75, 3.05) is 0 Å². The van der Waals surface area contributed by atoms with Gasteiger partial charge >= 0.3 is 5.97 Å². The number of rotatable bonds is 11. The number of aromatic amines is 2. The molecule has 0 saturated heterocycles. The van der Waals surface area contributed by atoms with E-state index in [-0.39, 0.29) is 25.0 Å². The zero-order chi connectivity index (χ0) is 23.8. The maximum atomic E-state index is 13.0. The van der Waals surface area contributed by atoms with Crippen molar-refractivity contribution in [1.82, 2.24) is 30.6 Å². The lowest BCUT2D eigenvalue weighted by Crippen LogP contribution is -2.56. The molecule has 0 saturated carbocycles. The average Bonchev–Trinajstić information content (AvgIpc) is 3.48. The van der Waals surface area contributed by atoms with Gasteiger partial charge in [0.15, 0.2) is 0 Å². The number of carboxylic acids is 1. The first-order valence-corrected chi connectivity index (χ1v) is 10.1. The van der Waals surface area contributed by atoms with Crippen LogP contribution in [0.3, 0.4) is 0 Å². The van der Waals surface area contributed by atoms with Crippen LogP contribution in [-0.2, 0) is 33.6 Å². The molecular weight excluding hydrogens is 430 g/mol. The summed E-state index contributed by atoms with van der Waals surface area (Å²) in [4.78, 5) is 50.8. The number of carbonyl (C=O) groups excluding carboxylic acids is 2. The van der Waals surface area contributed by atoms with E-state index in [1.807, 2.05) is 0 Å². The molecule has 0 aliphatic rings. The molecule has 12 heteroatoms. The lowest BCUT2D eigenvalue weighted by atomic mass is 10.0. The van der Waals surface area contributed by atoms with Crippen LogP contribution in [0, 0.1) is 0 Å². The Bertz CT molecular complexity index is 1050. The van der Waals surface area contributed by atoms with E-state index in [0.29, 0.717) is 17.0 Å². The highest BCUT2D eigenvalue weighted by molar-refractivity contribution is 5.92. The number of H-pyrrole nitrogens is 2. The number of hydrogen-bond acceptors (Lipinski definition) is 7. The Kier molecular flexibility index (Phi) is 7.76. The minimum absolute atomic E-state index is 0.0136. The first kappa shape index (κ1) is 23.5. The largest absolute Gasteiger partial charge is 0.508 e. The molecule has 0 bridgehead atoms. The van der Waals surface area contributed by atoms with Crippen LogP contribution in [0.1, 0.15) is 17.0 Å². The Balaban J connectivity index is 1.72. The van der Waals surface area contributed by atoms with Gasteiger partial charge in [0.2, 0.25) is 11.8 Å². The summed E-state index contributed by atoms with van der Waals surface area (Å²) in [6.45, 7) is 0. The minimum Gasteiger partial charge on any atom is -0.508 e. The second-order valence-corrected chi connectivity index (χ2v) is 7.50. The van der Waals surface area contributed by atoms with Crippen LogP contribution < -0.4 is 16.4 Å². The van der Waals surface area contributed by atoms with Crippen LogP contribution in [0.4, 0.5) is 0 Å². The van der Waals surface area contributed by atoms with Gasteiger partial charge in [-0.3, -0.25) is 9.59 Å². The second-order valence-electron chi connectivity index (χ2n) is 7.50. The predicted octanol–water partition coefficient (Wildman–Crippen LogP) is -0.752. The van der Waals surface area contributed by atoms with Gasteiger partial charge in [-0.2, -0.15) is 0 Å². The van der Waals surface area contributed by atoms with Gasteiger partial charge in [0.05, 0.1) is 18.7 Å². The lowest BCUT2D eigenvalue weighted by molar-refractivity contribution is -0.142. The van der Waals surface area contributed by atoms with Crippen molar-refractivity contribution in [1.29, 1.82) is 0 Å². The highest BCUT2D eigenvalue weighted by Crippen LogP contribution is 2.12. The maximum Gasteiger partial charge on any atom is 0.326 e. The van der Waals surface area contributed by atoms with Crippen molar-refractivity contribution in [3.63, 3.8) is 0 Å². The van der Waals surface area contributed by atoms with E-state index in [1.165, 1.54) is 31.0 Å². The van der Waals surface area contributed by atoms with Gasteiger partial charge < -0.3 is 36.5 Å². The van der Waals surface area contributed by atoms with E-state index >= 15 is 0 Å². The SMILES string of the molecule is N[C@@H](Cc1cnc[nH]1)C(=O)N[C@@H](Cc1ccc(O)cc1)C(=O)N[C@@H](Cc1cnc[nH]1)C(=O)O. The molecule has 0 aliphatic carbocycles. The van der Waals surface area contributed by atoms with Crippen LogP contribution in [0.2, 0.25) is 0 Å². The Morgan fingerprint density at radius 1 is 0.879 bits per heavy atom. The minimum atomic E-state index is -1.24. The fourth-order valence-electron chi connectivity index (χ4n) is 3.17. The third kappa shape index (κ3) is 6.90. The topological polar surface area (TPSA) is 199 Å². The fourth-order valence-corrected chi connectivity index (χ4v) is 3.17. The van der Waals surface area contributed by atoms with Gasteiger partial charge in [-0.15, -0.1) is 0 Å². The Labute approximate surface area is 188 Å². The number of nitrogens with one attached hydrogen (secondary N) is 4. The number of aromatic hydroxyl groups is 1. The molecule has 3 rings (SSSR count). The van der Waals surface area contributed by atoms with Gasteiger partial charge in [0.25, 0.3) is 0 Å². The summed E-state index contributed by atoms with van der Waals surface area (Å²) in [7, 11) is 0.